The molecule has 3 fully saturated rings. The Kier molecular flexibility index (Phi) is 9.14. The lowest BCUT2D eigenvalue weighted by molar-refractivity contribution is 0.0389. The summed E-state index contributed by atoms with van der Waals surface area (Å²) in [5.41, 5.74) is 1.28. The van der Waals surface area contributed by atoms with Gasteiger partial charge in [-0.3, -0.25) is 4.90 Å². The van der Waals surface area contributed by atoms with Crippen molar-refractivity contribution in [1.29, 1.82) is 0 Å². The average molecular weight is 539 g/mol. The van der Waals surface area contributed by atoms with Crippen molar-refractivity contribution in [3.8, 4) is 0 Å². The van der Waals surface area contributed by atoms with Crippen molar-refractivity contribution in [2.45, 2.75) is 20.3 Å². The number of hydrogen-bond donors (Lipinski definition) is 2. The van der Waals surface area contributed by atoms with E-state index in [1.165, 1.54) is 12.1 Å². The molecule has 9 nitrogen and oxygen atoms in total. The number of hydrogen-bond acceptors (Lipinski definition) is 8. The van der Waals surface area contributed by atoms with E-state index in [1.54, 1.807) is 0 Å². The lowest BCUT2D eigenvalue weighted by atomic mass is 9.92. The molecule has 2 N–H and O–H groups in total. The highest BCUT2D eigenvalue weighted by Gasteiger charge is 2.26. The molecule has 1 aromatic heterocycles. The number of rotatable bonds is 7. The monoisotopic (exact) mass is 538 g/mol. The fourth-order valence-electron chi connectivity index (χ4n) is 5.78. The first-order chi connectivity index (χ1) is 18.5. The summed E-state index contributed by atoms with van der Waals surface area (Å²) in [6.07, 6.45) is 1.26. The number of morpholine rings is 1. The minimum atomic E-state index is 0.565. The van der Waals surface area contributed by atoms with Crippen LogP contribution in [-0.4, -0.2) is 98.6 Å². The van der Waals surface area contributed by atoms with Crippen LogP contribution < -0.4 is 25.3 Å². The maximum atomic E-state index is 5.63. The normalized spacial score (nSPS) is 22.8. The molecule has 3 aliphatic rings. The minimum absolute atomic E-state index is 0.565. The third-order valence-corrected chi connectivity index (χ3v) is 7.91. The average Bonchev–Trinajstić information content (AvgIpc) is 2.93. The number of nitrogens with zero attached hydrogens (tertiary/aromatic N) is 6. The molecule has 0 bridgehead atoms. The summed E-state index contributed by atoms with van der Waals surface area (Å²) in [4.78, 5) is 19.5. The molecule has 38 heavy (non-hydrogen) atoms. The molecule has 3 saturated heterocycles. The van der Waals surface area contributed by atoms with Gasteiger partial charge in [-0.2, -0.15) is 9.97 Å². The highest BCUT2D eigenvalue weighted by molar-refractivity contribution is 7.80. The van der Waals surface area contributed by atoms with E-state index in [2.05, 4.69) is 80.5 Å². The van der Waals surface area contributed by atoms with Gasteiger partial charge in [-0.05, 0) is 42.6 Å². The van der Waals surface area contributed by atoms with Gasteiger partial charge in [-0.1, -0.05) is 32.0 Å². The van der Waals surface area contributed by atoms with Crippen LogP contribution in [0.2, 0.25) is 0 Å². The lowest BCUT2D eigenvalue weighted by Crippen LogP contribution is -2.47. The van der Waals surface area contributed by atoms with Crippen LogP contribution in [0.5, 0.6) is 0 Å². The molecule has 206 valence electrons. The van der Waals surface area contributed by atoms with E-state index >= 15 is 0 Å². The van der Waals surface area contributed by atoms with Crippen LogP contribution in [0.15, 0.2) is 36.4 Å². The van der Waals surface area contributed by atoms with Crippen LogP contribution in [0.1, 0.15) is 20.3 Å². The first-order valence-corrected chi connectivity index (χ1v) is 14.5. The Morgan fingerprint density at radius 3 is 2.21 bits per heavy atom. The van der Waals surface area contributed by atoms with Gasteiger partial charge < -0.3 is 30.1 Å². The summed E-state index contributed by atoms with van der Waals surface area (Å²) >= 11 is 5.63. The zero-order chi connectivity index (χ0) is 26.3. The summed E-state index contributed by atoms with van der Waals surface area (Å²) in [7, 11) is 0. The second-order valence-electron chi connectivity index (χ2n) is 10.9. The van der Waals surface area contributed by atoms with E-state index in [4.69, 9.17) is 26.9 Å². The van der Waals surface area contributed by atoms with E-state index in [1.807, 2.05) is 0 Å². The van der Waals surface area contributed by atoms with Crippen molar-refractivity contribution < 1.29 is 4.74 Å². The van der Waals surface area contributed by atoms with Gasteiger partial charge in [0.25, 0.3) is 0 Å². The zero-order valence-electron chi connectivity index (χ0n) is 22.8. The Hall–Kier alpha value is -2.69. The molecular weight excluding hydrogens is 496 g/mol. The van der Waals surface area contributed by atoms with Gasteiger partial charge >= 0.3 is 0 Å². The third kappa shape index (κ3) is 7.24. The lowest BCUT2D eigenvalue weighted by Gasteiger charge is -2.38. The molecule has 3 aliphatic heterocycles. The summed E-state index contributed by atoms with van der Waals surface area (Å²) in [6, 6.07) is 12.8. The number of para-hydroxylation sites is 1. The molecule has 0 saturated carbocycles. The maximum Gasteiger partial charge on any atom is 0.232 e. The number of piperazine rings is 1. The van der Waals surface area contributed by atoms with Crippen molar-refractivity contribution >= 4 is 40.6 Å². The van der Waals surface area contributed by atoms with Crippen LogP contribution in [0, 0.1) is 11.8 Å². The highest BCUT2D eigenvalue weighted by Crippen LogP contribution is 2.29. The van der Waals surface area contributed by atoms with Crippen LogP contribution >= 0.6 is 12.2 Å². The predicted molar refractivity (Wildman–Crippen MR) is 160 cm³/mol. The van der Waals surface area contributed by atoms with E-state index < -0.39 is 0 Å². The van der Waals surface area contributed by atoms with Crippen LogP contribution in [0.4, 0.5) is 23.3 Å². The molecule has 2 aromatic rings. The van der Waals surface area contributed by atoms with Crippen LogP contribution in [0.25, 0.3) is 0 Å². The standard InChI is InChI=1S/C28H42N8OS/c1-22-18-23(2)21-36(20-22)26-19-25(35-12-10-34(11-13-35)24-6-4-3-5-7-24)30-27(31-26)32-28(38)29-8-9-33-14-16-37-17-15-33/h3-7,19,22-23H,8-18,20-21H2,1-2H3,(H2,29,30,31,32,38)/t22-,23+. The fourth-order valence-corrected chi connectivity index (χ4v) is 5.98. The van der Waals surface area contributed by atoms with E-state index in [0.29, 0.717) is 22.9 Å². The molecule has 10 heteroatoms. The van der Waals surface area contributed by atoms with Gasteiger partial charge in [0.05, 0.1) is 13.2 Å². The van der Waals surface area contributed by atoms with Gasteiger partial charge in [0.15, 0.2) is 5.11 Å². The Labute approximate surface area is 232 Å². The second kappa shape index (κ2) is 12.9. The van der Waals surface area contributed by atoms with Crippen molar-refractivity contribution in [1.82, 2.24) is 20.2 Å². The van der Waals surface area contributed by atoms with Gasteiger partial charge in [0.1, 0.15) is 11.6 Å². The zero-order valence-corrected chi connectivity index (χ0v) is 23.6. The number of thiocarbonyl (C=S) groups is 1. The third-order valence-electron chi connectivity index (χ3n) is 7.66. The highest BCUT2D eigenvalue weighted by atomic mass is 32.1. The largest absolute Gasteiger partial charge is 0.379 e. The van der Waals surface area contributed by atoms with Gasteiger partial charge in [0.2, 0.25) is 5.95 Å². The van der Waals surface area contributed by atoms with Crippen molar-refractivity contribution in [3.63, 3.8) is 0 Å². The first kappa shape index (κ1) is 26.9. The number of nitrogens with one attached hydrogen (secondary N) is 2. The molecule has 2 atom stereocenters. The molecule has 0 unspecified atom stereocenters. The van der Waals surface area contributed by atoms with Crippen LogP contribution in [0.3, 0.4) is 0 Å². The Balaban J connectivity index is 1.26. The molecular formula is C28H42N8OS. The first-order valence-electron chi connectivity index (χ1n) is 14.1. The molecule has 0 radical (unpaired) electrons. The maximum absolute atomic E-state index is 5.63. The molecule has 0 aliphatic carbocycles. The van der Waals surface area contributed by atoms with Gasteiger partial charge in [-0.15, -0.1) is 0 Å². The summed E-state index contributed by atoms with van der Waals surface area (Å²) in [5, 5.41) is 7.19. The Bertz CT molecular complexity index is 1030. The van der Waals surface area contributed by atoms with E-state index in [-0.39, 0.29) is 0 Å². The molecule has 1 aromatic carbocycles. The molecule has 0 spiro atoms. The topological polar surface area (TPSA) is 72.0 Å². The fraction of sp³-hybridized carbons (Fsp3) is 0.607. The van der Waals surface area contributed by atoms with Crippen molar-refractivity contribution in [2.75, 3.05) is 98.7 Å². The SMILES string of the molecule is C[C@@H]1C[C@H](C)CN(c2cc(N3CCN(c4ccccc4)CC3)nc(NC(=S)NCCN3CCOCC3)n2)C1. The van der Waals surface area contributed by atoms with Crippen molar-refractivity contribution in [2.24, 2.45) is 11.8 Å². The van der Waals surface area contributed by atoms with Gasteiger partial charge in [-0.25, -0.2) is 0 Å². The van der Waals surface area contributed by atoms with E-state index in [0.717, 1.165) is 90.3 Å². The number of ether oxygens (including phenoxy) is 1. The van der Waals surface area contributed by atoms with Gasteiger partial charge in [0, 0.05) is 77.2 Å². The number of aromatic nitrogens is 2. The predicted octanol–water partition coefficient (Wildman–Crippen LogP) is 2.90. The number of anilines is 4. The Morgan fingerprint density at radius 2 is 1.53 bits per heavy atom. The minimum Gasteiger partial charge on any atom is -0.379 e. The second-order valence-corrected chi connectivity index (χ2v) is 11.3. The van der Waals surface area contributed by atoms with E-state index in [9.17, 15) is 0 Å². The van der Waals surface area contributed by atoms with Crippen LogP contribution in [-0.2, 0) is 4.74 Å². The smallest absolute Gasteiger partial charge is 0.232 e. The number of piperidine rings is 1. The summed E-state index contributed by atoms with van der Waals surface area (Å²) in [5.74, 6) is 3.80. The summed E-state index contributed by atoms with van der Waals surface area (Å²) in [6.45, 7) is 15.7. The molecule has 0 amide bonds. The Morgan fingerprint density at radius 1 is 0.895 bits per heavy atom. The summed E-state index contributed by atoms with van der Waals surface area (Å²) < 4.78 is 5.44. The molecule has 5 rings (SSSR count). The molecule has 4 heterocycles. The van der Waals surface area contributed by atoms with Crippen molar-refractivity contribution in [3.05, 3.63) is 36.4 Å². The quantitative estimate of drug-likeness (QED) is 0.514. The number of benzene rings is 1.